The van der Waals surface area contributed by atoms with E-state index in [1.54, 1.807) is 11.3 Å². The van der Waals surface area contributed by atoms with E-state index in [0.29, 0.717) is 0 Å². The number of benzene rings is 2. The Morgan fingerprint density at radius 3 is 2.53 bits per heavy atom. The first-order chi connectivity index (χ1) is 8.24. The minimum atomic E-state index is -0.191. The predicted molar refractivity (Wildman–Crippen MR) is 72.0 cm³/mol. The summed E-state index contributed by atoms with van der Waals surface area (Å²) in [5, 5.41) is 3.38. The van der Waals surface area contributed by atoms with E-state index in [9.17, 15) is 4.39 Å². The van der Waals surface area contributed by atoms with Crippen LogP contribution in [0.4, 0.5) is 4.39 Å². The van der Waals surface area contributed by atoms with E-state index in [0.717, 1.165) is 5.56 Å². The van der Waals surface area contributed by atoms with E-state index < -0.39 is 0 Å². The van der Waals surface area contributed by atoms with Gasteiger partial charge in [0.1, 0.15) is 5.82 Å². The molecule has 0 aliphatic rings. The summed E-state index contributed by atoms with van der Waals surface area (Å²) in [7, 11) is 0. The maximum atomic E-state index is 12.9. The van der Waals surface area contributed by atoms with Crippen molar-refractivity contribution in [2.45, 2.75) is 6.92 Å². The number of rotatable bonds is 1. The highest BCUT2D eigenvalue weighted by Crippen LogP contribution is 2.34. The van der Waals surface area contributed by atoms with Crippen LogP contribution in [0.5, 0.6) is 0 Å². The monoisotopic (exact) mass is 242 g/mol. The van der Waals surface area contributed by atoms with Crippen LogP contribution in [-0.2, 0) is 0 Å². The molecule has 1 heterocycles. The van der Waals surface area contributed by atoms with Gasteiger partial charge >= 0.3 is 0 Å². The van der Waals surface area contributed by atoms with Crippen LogP contribution in [0.25, 0.3) is 21.2 Å². The van der Waals surface area contributed by atoms with E-state index in [-0.39, 0.29) is 5.82 Å². The average molecular weight is 242 g/mol. The minimum Gasteiger partial charge on any atom is -0.207 e. The van der Waals surface area contributed by atoms with Gasteiger partial charge in [-0.05, 0) is 41.6 Å². The van der Waals surface area contributed by atoms with Crippen molar-refractivity contribution in [3.8, 4) is 11.1 Å². The van der Waals surface area contributed by atoms with Crippen molar-refractivity contribution in [2.75, 3.05) is 0 Å². The van der Waals surface area contributed by atoms with E-state index in [4.69, 9.17) is 0 Å². The fourth-order valence-electron chi connectivity index (χ4n) is 1.99. The predicted octanol–water partition coefficient (Wildman–Crippen LogP) is 5.02. The van der Waals surface area contributed by atoms with Gasteiger partial charge in [-0.2, -0.15) is 0 Å². The first kappa shape index (κ1) is 10.5. The Labute approximate surface area is 103 Å². The lowest BCUT2D eigenvalue weighted by Gasteiger charge is -2.00. The van der Waals surface area contributed by atoms with Crippen LogP contribution in [0.15, 0.2) is 47.8 Å². The molecular formula is C15H11FS. The molecule has 0 nitrogen and oxygen atoms in total. The molecule has 0 fully saturated rings. The third kappa shape index (κ3) is 1.85. The average Bonchev–Trinajstić information content (AvgIpc) is 2.73. The molecule has 3 aromatic rings. The van der Waals surface area contributed by atoms with Crippen LogP contribution < -0.4 is 0 Å². The lowest BCUT2D eigenvalue weighted by atomic mass is 10.0. The number of halogens is 1. The molecule has 0 amide bonds. The van der Waals surface area contributed by atoms with Gasteiger partial charge in [-0.3, -0.25) is 0 Å². The largest absolute Gasteiger partial charge is 0.207 e. The Morgan fingerprint density at radius 2 is 1.76 bits per heavy atom. The van der Waals surface area contributed by atoms with E-state index in [1.807, 2.05) is 12.1 Å². The van der Waals surface area contributed by atoms with Gasteiger partial charge < -0.3 is 0 Å². The Balaban J connectivity index is 2.21. The van der Waals surface area contributed by atoms with Crippen LogP contribution in [-0.4, -0.2) is 0 Å². The van der Waals surface area contributed by atoms with Gasteiger partial charge in [0.2, 0.25) is 0 Å². The van der Waals surface area contributed by atoms with Gasteiger partial charge in [0.05, 0.1) is 0 Å². The molecule has 2 heteroatoms. The maximum absolute atomic E-state index is 12.9. The summed E-state index contributed by atoms with van der Waals surface area (Å²) in [5.74, 6) is -0.191. The Hall–Kier alpha value is -1.67. The zero-order chi connectivity index (χ0) is 11.8. The van der Waals surface area contributed by atoms with Gasteiger partial charge in [0.25, 0.3) is 0 Å². The van der Waals surface area contributed by atoms with Gasteiger partial charge in [-0.15, -0.1) is 11.3 Å². The van der Waals surface area contributed by atoms with Crippen LogP contribution >= 0.6 is 11.3 Å². The summed E-state index contributed by atoms with van der Waals surface area (Å²) < 4.78 is 14.2. The molecule has 1 aromatic heterocycles. The highest BCUT2D eigenvalue weighted by Gasteiger charge is 2.06. The number of fused-ring (bicyclic) bond motifs is 1. The van der Waals surface area contributed by atoms with Gasteiger partial charge in [-0.25, -0.2) is 4.39 Å². The van der Waals surface area contributed by atoms with Crippen LogP contribution in [0.1, 0.15) is 5.56 Å². The molecule has 0 radical (unpaired) electrons. The zero-order valence-corrected chi connectivity index (χ0v) is 10.2. The molecule has 0 aliphatic carbocycles. The standard InChI is InChI=1S/C15H11FS/c1-10-2-7-13-14(9-17-15(13)8-10)11-3-5-12(16)6-4-11/h2-9H,1H3. The first-order valence-corrected chi connectivity index (χ1v) is 6.36. The minimum absolute atomic E-state index is 0.191. The molecular weight excluding hydrogens is 231 g/mol. The molecule has 2 aromatic carbocycles. The zero-order valence-electron chi connectivity index (χ0n) is 9.41. The summed E-state index contributed by atoms with van der Waals surface area (Å²) in [6, 6.07) is 13.1. The molecule has 0 saturated heterocycles. The smallest absolute Gasteiger partial charge is 0.123 e. The van der Waals surface area contributed by atoms with Crippen molar-refractivity contribution >= 4 is 21.4 Å². The van der Waals surface area contributed by atoms with E-state index in [1.165, 1.54) is 33.3 Å². The molecule has 0 unspecified atom stereocenters. The maximum Gasteiger partial charge on any atom is 0.123 e. The summed E-state index contributed by atoms with van der Waals surface area (Å²) in [4.78, 5) is 0. The van der Waals surface area contributed by atoms with Crippen molar-refractivity contribution in [3.63, 3.8) is 0 Å². The lowest BCUT2D eigenvalue weighted by molar-refractivity contribution is 0.628. The summed E-state index contributed by atoms with van der Waals surface area (Å²) >= 11 is 1.73. The quantitative estimate of drug-likeness (QED) is 0.562. The second kappa shape index (κ2) is 3.97. The summed E-state index contributed by atoms with van der Waals surface area (Å²) in [6.07, 6.45) is 0. The lowest BCUT2D eigenvalue weighted by Crippen LogP contribution is -1.77. The SMILES string of the molecule is Cc1ccc2c(-c3ccc(F)cc3)csc2c1. The topological polar surface area (TPSA) is 0 Å². The fraction of sp³-hybridized carbons (Fsp3) is 0.0667. The first-order valence-electron chi connectivity index (χ1n) is 5.48. The highest BCUT2D eigenvalue weighted by atomic mass is 32.1. The molecule has 0 N–H and O–H groups in total. The molecule has 0 aliphatic heterocycles. The highest BCUT2D eigenvalue weighted by molar-refractivity contribution is 7.17. The Kier molecular flexibility index (Phi) is 2.45. The molecule has 0 atom stereocenters. The fourth-order valence-corrected chi connectivity index (χ4v) is 3.06. The van der Waals surface area contributed by atoms with Gasteiger partial charge in [-0.1, -0.05) is 24.3 Å². The van der Waals surface area contributed by atoms with Crippen molar-refractivity contribution in [2.24, 2.45) is 0 Å². The molecule has 3 rings (SSSR count). The molecule has 0 saturated carbocycles. The molecule has 17 heavy (non-hydrogen) atoms. The van der Waals surface area contributed by atoms with Gasteiger partial charge in [0.15, 0.2) is 0 Å². The van der Waals surface area contributed by atoms with Crippen molar-refractivity contribution < 1.29 is 4.39 Å². The van der Waals surface area contributed by atoms with Crippen molar-refractivity contribution in [1.29, 1.82) is 0 Å². The van der Waals surface area contributed by atoms with Crippen LogP contribution in [0.3, 0.4) is 0 Å². The van der Waals surface area contributed by atoms with E-state index >= 15 is 0 Å². The van der Waals surface area contributed by atoms with Crippen molar-refractivity contribution in [1.82, 2.24) is 0 Å². The normalized spacial score (nSPS) is 10.9. The third-order valence-corrected chi connectivity index (χ3v) is 3.83. The molecule has 84 valence electrons. The Bertz CT molecular complexity index is 665. The van der Waals surface area contributed by atoms with Crippen LogP contribution in [0, 0.1) is 12.7 Å². The van der Waals surface area contributed by atoms with Crippen molar-refractivity contribution in [3.05, 3.63) is 59.2 Å². The molecule has 0 spiro atoms. The number of thiophene rings is 1. The number of hydrogen-bond acceptors (Lipinski definition) is 1. The second-order valence-corrected chi connectivity index (χ2v) is 5.07. The third-order valence-electron chi connectivity index (χ3n) is 2.89. The number of aryl methyl sites for hydroxylation is 1. The van der Waals surface area contributed by atoms with E-state index in [2.05, 4.69) is 30.5 Å². The second-order valence-electron chi connectivity index (χ2n) is 4.16. The summed E-state index contributed by atoms with van der Waals surface area (Å²) in [5.41, 5.74) is 3.52. The van der Waals surface area contributed by atoms with Gasteiger partial charge in [0, 0.05) is 15.6 Å². The molecule has 0 bridgehead atoms. The number of hydrogen-bond donors (Lipinski definition) is 0. The van der Waals surface area contributed by atoms with Crippen LogP contribution in [0.2, 0.25) is 0 Å². The summed E-state index contributed by atoms with van der Waals surface area (Å²) in [6.45, 7) is 2.09. The Morgan fingerprint density at radius 1 is 1.00 bits per heavy atom.